The summed E-state index contributed by atoms with van der Waals surface area (Å²) in [5.41, 5.74) is 2.40. The molecule has 0 saturated carbocycles. The number of rotatable bonds is 3. The Kier molecular flexibility index (Phi) is 4.10. The Labute approximate surface area is 149 Å². The number of fused-ring (bicyclic) bond motifs is 1. The summed E-state index contributed by atoms with van der Waals surface area (Å²) >= 11 is 0. The monoisotopic (exact) mass is 364 g/mol. The van der Waals surface area contributed by atoms with E-state index in [0.717, 1.165) is 21.9 Å². The Balaban J connectivity index is 2.18. The Morgan fingerprint density at radius 2 is 1.72 bits per heavy atom. The lowest BCUT2D eigenvalue weighted by Crippen LogP contribution is -2.41. The Hall–Kier alpha value is -1.38. The molecule has 0 N–H and O–H groups in total. The zero-order valence-electron chi connectivity index (χ0n) is 15.9. The summed E-state index contributed by atoms with van der Waals surface area (Å²) in [5.74, 6) is -0.0853. The molecule has 0 atom stereocenters. The van der Waals surface area contributed by atoms with E-state index in [9.17, 15) is 8.42 Å². The lowest BCUT2D eigenvalue weighted by Gasteiger charge is -2.32. The second-order valence-corrected chi connectivity index (χ2v) is 10.1. The van der Waals surface area contributed by atoms with Crippen molar-refractivity contribution >= 4 is 33.3 Å². The molecule has 6 nitrogen and oxygen atoms in total. The van der Waals surface area contributed by atoms with Crippen molar-refractivity contribution in [1.82, 2.24) is 9.78 Å². The molecular weight excluding hydrogens is 339 g/mol. The number of nitrogens with zero attached hydrogens (tertiary/aromatic N) is 2. The normalized spacial score (nSPS) is 19.7. The predicted molar refractivity (Wildman–Crippen MR) is 99.7 cm³/mol. The first-order valence-corrected chi connectivity index (χ1v) is 10.4. The summed E-state index contributed by atoms with van der Waals surface area (Å²) < 4.78 is 37.6. The molecule has 1 aliphatic rings. The molecule has 8 heteroatoms. The first-order valence-electron chi connectivity index (χ1n) is 8.31. The molecule has 136 valence electrons. The number of sulfone groups is 1. The van der Waals surface area contributed by atoms with Crippen molar-refractivity contribution in [3.05, 3.63) is 23.4 Å². The topological polar surface area (TPSA) is 70.4 Å². The molecule has 3 rings (SSSR count). The SMILES string of the molecule is Cc1ccc(B2OC(C)(C)C(C)(C)O2)c2c1c(CS(C)(=O)=O)nn2C. The van der Waals surface area contributed by atoms with E-state index in [0.29, 0.717) is 5.69 Å². The largest absolute Gasteiger partial charge is 0.497 e. The maximum Gasteiger partial charge on any atom is 0.497 e. The lowest BCUT2D eigenvalue weighted by molar-refractivity contribution is 0.00578. The van der Waals surface area contributed by atoms with Gasteiger partial charge in [-0.2, -0.15) is 5.10 Å². The smallest absolute Gasteiger partial charge is 0.399 e. The van der Waals surface area contributed by atoms with Crippen LogP contribution in [0.4, 0.5) is 0 Å². The summed E-state index contributed by atoms with van der Waals surface area (Å²) in [6, 6.07) is 3.95. The molecule has 0 spiro atoms. The number of aryl methyl sites for hydroxylation is 2. The third-order valence-electron chi connectivity index (χ3n) is 5.21. The fourth-order valence-electron chi connectivity index (χ4n) is 3.21. The third kappa shape index (κ3) is 3.11. The van der Waals surface area contributed by atoms with Gasteiger partial charge in [0.2, 0.25) is 0 Å². The Bertz CT molecular complexity index is 931. The zero-order chi connectivity index (χ0) is 18.8. The van der Waals surface area contributed by atoms with Crippen LogP contribution in [0.2, 0.25) is 0 Å². The van der Waals surface area contributed by atoms with E-state index in [1.54, 1.807) is 4.68 Å². The predicted octanol–water partition coefficient (Wildman–Crippen LogP) is 1.73. The van der Waals surface area contributed by atoms with Gasteiger partial charge in [0.25, 0.3) is 0 Å². The van der Waals surface area contributed by atoms with E-state index in [-0.39, 0.29) is 5.75 Å². The summed E-state index contributed by atoms with van der Waals surface area (Å²) in [5, 5.41) is 5.33. The van der Waals surface area contributed by atoms with Crippen LogP contribution in [0.1, 0.15) is 39.0 Å². The highest BCUT2D eigenvalue weighted by molar-refractivity contribution is 7.89. The van der Waals surface area contributed by atoms with Gasteiger partial charge in [-0.05, 0) is 40.2 Å². The fraction of sp³-hybridized carbons (Fsp3) is 0.588. The quantitative estimate of drug-likeness (QED) is 0.776. The van der Waals surface area contributed by atoms with Crippen molar-refractivity contribution in [3.8, 4) is 0 Å². The average Bonchev–Trinajstić information content (AvgIpc) is 2.84. The maximum absolute atomic E-state index is 11.8. The van der Waals surface area contributed by atoms with E-state index in [1.807, 2.05) is 53.8 Å². The van der Waals surface area contributed by atoms with Crippen LogP contribution in [0.3, 0.4) is 0 Å². The molecule has 1 aliphatic heterocycles. The van der Waals surface area contributed by atoms with Crippen LogP contribution >= 0.6 is 0 Å². The van der Waals surface area contributed by atoms with Crippen molar-refractivity contribution in [1.29, 1.82) is 0 Å². The second-order valence-electron chi connectivity index (χ2n) is 7.92. The van der Waals surface area contributed by atoms with Crippen molar-refractivity contribution in [2.45, 2.75) is 51.6 Å². The van der Waals surface area contributed by atoms with Crippen molar-refractivity contribution < 1.29 is 17.7 Å². The van der Waals surface area contributed by atoms with Gasteiger partial charge in [-0.25, -0.2) is 8.42 Å². The van der Waals surface area contributed by atoms with Crippen molar-refractivity contribution in [2.24, 2.45) is 7.05 Å². The van der Waals surface area contributed by atoms with Crippen LogP contribution in [0, 0.1) is 6.92 Å². The van der Waals surface area contributed by atoms with Gasteiger partial charge in [-0.1, -0.05) is 12.1 Å². The summed E-state index contributed by atoms with van der Waals surface area (Å²) in [4.78, 5) is 0. The summed E-state index contributed by atoms with van der Waals surface area (Å²) in [7, 11) is -1.88. The van der Waals surface area contributed by atoms with Gasteiger partial charge in [0.15, 0.2) is 9.84 Å². The minimum atomic E-state index is -3.18. The van der Waals surface area contributed by atoms with Gasteiger partial charge in [-0.15, -0.1) is 0 Å². The van der Waals surface area contributed by atoms with Crippen LogP contribution in [0.5, 0.6) is 0 Å². The van der Waals surface area contributed by atoms with Gasteiger partial charge in [0.1, 0.15) is 0 Å². The number of aromatic nitrogens is 2. The van der Waals surface area contributed by atoms with Gasteiger partial charge in [0.05, 0.1) is 28.2 Å². The molecule has 1 fully saturated rings. The molecule has 2 heterocycles. The fourth-order valence-corrected chi connectivity index (χ4v) is 3.91. The van der Waals surface area contributed by atoms with Crippen LogP contribution in [0.25, 0.3) is 10.9 Å². The molecule has 25 heavy (non-hydrogen) atoms. The van der Waals surface area contributed by atoms with E-state index >= 15 is 0 Å². The van der Waals surface area contributed by atoms with Crippen LogP contribution in [0.15, 0.2) is 12.1 Å². The minimum Gasteiger partial charge on any atom is -0.399 e. The molecule has 0 unspecified atom stereocenters. The van der Waals surface area contributed by atoms with Crippen molar-refractivity contribution in [2.75, 3.05) is 6.26 Å². The maximum atomic E-state index is 11.8. The molecular formula is C17H25BN2O4S. The summed E-state index contributed by atoms with van der Waals surface area (Å²) in [6.07, 6.45) is 1.22. The molecule has 0 amide bonds. The van der Waals surface area contributed by atoms with Gasteiger partial charge in [0, 0.05) is 24.2 Å². The zero-order valence-corrected chi connectivity index (χ0v) is 16.7. The molecule has 0 radical (unpaired) electrons. The van der Waals surface area contributed by atoms with E-state index in [1.165, 1.54) is 6.26 Å². The molecule has 0 bridgehead atoms. The highest BCUT2D eigenvalue weighted by atomic mass is 32.2. The number of hydrogen-bond acceptors (Lipinski definition) is 5. The Morgan fingerprint density at radius 1 is 1.16 bits per heavy atom. The number of benzene rings is 1. The molecule has 1 saturated heterocycles. The molecule has 2 aromatic rings. The first-order chi connectivity index (χ1) is 11.3. The van der Waals surface area contributed by atoms with Crippen LogP contribution in [-0.4, -0.2) is 42.8 Å². The van der Waals surface area contributed by atoms with E-state index in [4.69, 9.17) is 9.31 Å². The highest BCUT2D eigenvalue weighted by Crippen LogP contribution is 2.37. The molecule has 1 aromatic heterocycles. The summed E-state index contributed by atoms with van der Waals surface area (Å²) in [6.45, 7) is 10.0. The van der Waals surface area contributed by atoms with Crippen LogP contribution < -0.4 is 5.46 Å². The Morgan fingerprint density at radius 3 is 2.24 bits per heavy atom. The van der Waals surface area contributed by atoms with Gasteiger partial charge >= 0.3 is 7.12 Å². The van der Waals surface area contributed by atoms with Crippen molar-refractivity contribution in [3.63, 3.8) is 0 Å². The van der Waals surface area contributed by atoms with E-state index in [2.05, 4.69) is 5.10 Å². The first kappa shape index (κ1) is 18.4. The van der Waals surface area contributed by atoms with Gasteiger partial charge in [-0.3, -0.25) is 4.68 Å². The number of hydrogen-bond donors (Lipinski definition) is 0. The molecule has 1 aromatic carbocycles. The highest BCUT2D eigenvalue weighted by Gasteiger charge is 2.52. The average molecular weight is 364 g/mol. The lowest BCUT2D eigenvalue weighted by atomic mass is 9.77. The van der Waals surface area contributed by atoms with E-state index < -0.39 is 28.2 Å². The minimum absolute atomic E-state index is 0.0853. The van der Waals surface area contributed by atoms with Gasteiger partial charge < -0.3 is 9.31 Å². The second kappa shape index (κ2) is 5.56. The molecule has 0 aliphatic carbocycles. The standard InChI is InChI=1S/C17H25BN2O4S/c1-11-8-9-12(18-23-16(2,3)17(4,5)24-18)15-14(11)13(19-20(15)6)10-25(7,21)22/h8-9H,10H2,1-7H3. The van der Waals surface area contributed by atoms with Crippen LogP contribution in [-0.2, 0) is 31.9 Å². The third-order valence-corrected chi connectivity index (χ3v) is 6.00.